The summed E-state index contributed by atoms with van der Waals surface area (Å²) < 4.78 is 44.9. The van der Waals surface area contributed by atoms with Crippen molar-refractivity contribution >= 4 is 17.7 Å². The molecule has 0 aliphatic rings. The summed E-state index contributed by atoms with van der Waals surface area (Å²) in [4.78, 5) is 46.3. The molecule has 0 fully saturated rings. The van der Waals surface area contributed by atoms with E-state index in [2.05, 4.69) is 78.3 Å². The molecule has 460 valence electrons. The Labute approximate surface area is 526 Å². The van der Waals surface area contributed by atoms with E-state index in [1.54, 1.807) is 104 Å². The van der Waals surface area contributed by atoms with E-state index in [1.165, 1.54) is 32.9 Å². The van der Waals surface area contributed by atoms with Gasteiger partial charge in [0.05, 0.1) is 107 Å². The van der Waals surface area contributed by atoms with Crippen molar-refractivity contribution in [3.05, 3.63) is 211 Å². The van der Waals surface area contributed by atoms with Crippen LogP contribution in [0, 0.1) is 48.9 Å². The van der Waals surface area contributed by atoms with Crippen molar-refractivity contribution in [2.24, 2.45) is 5.11 Å². The Balaban J connectivity index is 0.000000325. The standard InChI is InChI=1S/C23H22N8O.C14H10N4.C9H12N4O.C9H13NO2.C8H9NO2.2CH4/c1-14-15(11-24)6-4-8-17(14)18-10-19(28-22(25)27-18)20-13-31(30-29-20)12-16-7-5-9-21(26-16)23(2,3)32;1-3-11-7-13(18-14(16)17-11)12-6-4-5-10(8-15)9(12)2;1-9(2,14)8-5-3-4-7(12-8)6-11-13-10;1-9(2,12)8-5-3-4-7(6-11)10-8;1-6(11)8-4-2-3-7(5-10)9-8;;/h4-10,13,32H,12H2,1-3H3,(H2,25,27,28);1,4-7H,2H3,(H2,16,17,18);3-5,14H,6H2,1-2H3;3-5,11-12H,6H2,1-2H3;2-4,10H,5H2,1H3;2*1H4/i;;2*1D3;;;. The first-order valence-corrected chi connectivity index (χ1v) is 26.1. The van der Waals surface area contributed by atoms with E-state index < -0.39 is 30.5 Å². The Morgan fingerprint density at radius 3 is 1.58 bits per heavy atom. The predicted molar refractivity (Wildman–Crippen MR) is 340 cm³/mol. The molecular weight excluding hydrogens is 1130 g/mol. The fraction of sp³-hybridized carbons (Fsp3) is 0.277. The van der Waals surface area contributed by atoms with E-state index in [9.17, 15) is 25.4 Å². The molecule has 0 aliphatic carbocycles. The molecule has 0 bridgehead atoms. The second-order valence-electron chi connectivity index (χ2n) is 19.6. The number of hydrogen-bond acceptors (Lipinski definition) is 21. The first kappa shape index (κ1) is 62.8. The zero-order chi connectivity index (χ0) is 69.1. The highest BCUT2D eigenvalue weighted by atomic mass is 16.3. The minimum atomic E-state index is -2.57. The van der Waals surface area contributed by atoms with E-state index >= 15 is 0 Å². The van der Waals surface area contributed by atoms with Crippen LogP contribution in [0.4, 0.5) is 11.9 Å². The third-order valence-electron chi connectivity index (χ3n) is 12.1. The van der Waals surface area contributed by atoms with E-state index in [4.69, 9.17) is 47.1 Å². The molecule has 0 amide bonds. The molecule has 0 aliphatic heterocycles. The average Bonchev–Trinajstić information content (AvgIpc) is 1.83. The van der Waals surface area contributed by atoms with Gasteiger partial charge < -0.3 is 37.0 Å². The van der Waals surface area contributed by atoms with Crippen LogP contribution in [0.1, 0.15) is 150 Å². The number of carbonyl (C=O) groups is 1. The number of benzene rings is 2. The maximum Gasteiger partial charge on any atom is 0.221 e. The van der Waals surface area contributed by atoms with Crippen LogP contribution >= 0.6 is 0 Å². The van der Waals surface area contributed by atoms with Crippen molar-refractivity contribution in [1.82, 2.24) is 54.9 Å². The number of nitrogens with zero attached hydrogens (tertiary/aromatic N) is 16. The summed E-state index contributed by atoms with van der Waals surface area (Å²) in [6.45, 7) is 5.80. The quantitative estimate of drug-likeness (QED) is 0.0185. The summed E-state index contributed by atoms with van der Waals surface area (Å²) in [5.74, 6) is 2.58. The van der Waals surface area contributed by atoms with Crippen molar-refractivity contribution in [1.29, 1.82) is 10.5 Å². The lowest BCUT2D eigenvalue weighted by molar-refractivity contribution is 0.0729. The van der Waals surface area contributed by atoms with E-state index in [-0.39, 0.29) is 63.7 Å². The predicted octanol–water partition coefficient (Wildman–Crippen LogP) is 9.69. The highest BCUT2D eigenvalue weighted by Gasteiger charge is 2.21. The summed E-state index contributed by atoms with van der Waals surface area (Å²) in [5, 5.41) is 77.5. The van der Waals surface area contributed by atoms with Gasteiger partial charge in [-0.05, 0) is 145 Å². The van der Waals surface area contributed by atoms with Crippen LogP contribution in [0.5, 0.6) is 0 Å². The van der Waals surface area contributed by atoms with Crippen molar-refractivity contribution in [3.63, 3.8) is 0 Å². The first-order chi connectivity index (χ1) is 43.7. The molecule has 0 radical (unpaired) electrons. The fourth-order valence-electron chi connectivity index (χ4n) is 7.59. The monoisotopic (exact) mass is 1210 g/mol. The normalized spacial score (nSPS) is 12.8. The Hall–Kier alpha value is -10.7. The molecule has 9 rings (SSSR count). The van der Waals surface area contributed by atoms with Gasteiger partial charge in [0, 0.05) is 36.9 Å². The molecule has 2 atom stereocenters. The SMILES string of the molecule is C.C.C#Cc1cc(-c2cccc(C#N)c2C)nc(N)n1.CC(=O)c1cccc(CO)n1.Cc1c(C#N)cccc1-c1cc(-c2cn(Cc3cccc(C(C)(C)O)n3)nn2)nc(N)n1.[2H]C([2H])([2H])C(C)(O)c1cccc(CN=[N+]=[N-])n1.[2H]C([2H])([2H])C(C)(O)c1cccc(CO)n1. The number of terminal acetylenes is 1. The number of aliphatic hydroxyl groups is 5. The molecule has 2 unspecified atom stereocenters. The minimum absolute atomic E-state index is 0. The van der Waals surface area contributed by atoms with Crippen molar-refractivity contribution in [2.75, 3.05) is 11.5 Å². The van der Waals surface area contributed by atoms with Gasteiger partial charge >= 0.3 is 0 Å². The lowest BCUT2D eigenvalue weighted by atomic mass is 10.00. The molecule has 24 heteroatoms. The number of aliphatic hydroxyl groups excluding tert-OH is 2. The second-order valence-corrected chi connectivity index (χ2v) is 19.6. The first-order valence-electron chi connectivity index (χ1n) is 29.1. The second kappa shape index (κ2) is 33.2. The molecule has 0 saturated carbocycles. The van der Waals surface area contributed by atoms with Gasteiger partial charge in [0.1, 0.15) is 33.9 Å². The summed E-state index contributed by atoms with van der Waals surface area (Å²) in [5.41, 5.74) is 25.0. The average molecular weight is 1210 g/mol. The third kappa shape index (κ3) is 21.6. The Bertz CT molecular complexity index is 4280. The van der Waals surface area contributed by atoms with Crippen LogP contribution in [0.3, 0.4) is 0 Å². The van der Waals surface area contributed by atoms with Crippen LogP contribution in [-0.2, 0) is 43.1 Å². The molecule has 2 aromatic carbocycles. The van der Waals surface area contributed by atoms with Gasteiger partial charge in [-0.3, -0.25) is 19.7 Å². The lowest BCUT2D eigenvalue weighted by Crippen LogP contribution is -2.18. The summed E-state index contributed by atoms with van der Waals surface area (Å²) >= 11 is 0. The molecule has 0 saturated heterocycles. The maximum absolute atomic E-state index is 10.8. The number of Topliss-reactive ketones (excluding diaryl/α,β-unsaturated/α-hetero) is 1. The van der Waals surface area contributed by atoms with Gasteiger partial charge in [0.25, 0.3) is 0 Å². The van der Waals surface area contributed by atoms with Gasteiger partial charge in [-0.25, -0.2) is 29.6 Å². The van der Waals surface area contributed by atoms with Gasteiger partial charge in [-0.2, -0.15) is 10.5 Å². The zero-order valence-electron chi connectivity index (χ0n) is 54.5. The maximum atomic E-state index is 10.8. The Morgan fingerprint density at radius 1 is 0.640 bits per heavy atom. The number of anilines is 2. The zero-order valence-corrected chi connectivity index (χ0v) is 48.5. The van der Waals surface area contributed by atoms with Gasteiger partial charge in [-0.15, -0.1) is 11.5 Å². The van der Waals surface area contributed by atoms with E-state index in [0.29, 0.717) is 74.6 Å². The number of aromatic nitrogens is 11. The molecule has 0 spiro atoms. The highest BCUT2D eigenvalue weighted by molar-refractivity contribution is 5.92. The molecule has 7 aromatic heterocycles. The van der Waals surface area contributed by atoms with Gasteiger partial charge in [0.2, 0.25) is 11.9 Å². The summed E-state index contributed by atoms with van der Waals surface area (Å²) in [7, 11) is 0. The van der Waals surface area contributed by atoms with E-state index in [0.717, 1.165) is 27.9 Å². The highest BCUT2D eigenvalue weighted by Crippen LogP contribution is 2.29. The molecule has 9 N–H and O–H groups in total. The summed E-state index contributed by atoms with van der Waals surface area (Å²) in [6.07, 6.45) is 7.06. The Morgan fingerprint density at radius 2 is 1.09 bits per heavy atom. The van der Waals surface area contributed by atoms with Gasteiger partial charge in [-0.1, -0.05) is 79.6 Å². The number of pyridine rings is 4. The number of nitrogens with two attached hydrogens (primary N) is 2. The number of nitriles is 2. The topological polar surface area (TPSA) is 400 Å². The molecule has 7 heterocycles. The molecule has 24 nitrogen and oxygen atoms in total. The molecule has 9 aromatic rings. The number of nitrogen functional groups attached to an aromatic ring is 2. The van der Waals surface area contributed by atoms with Crippen molar-refractivity contribution in [3.8, 4) is 58.4 Å². The number of hydrogen-bond donors (Lipinski definition) is 7. The largest absolute Gasteiger partial charge is 0.390 e. The van der Waals surface area contributed by atoms with Crippen LogP contribution in [-0.4, -0.2) is 86.2 Å². The Kier molecular flexibility index (Phi) is 23.4. The van der Waals surface area contributed by atoms with Crippen LogP contribution in [0.2, 0.25) is 0 Å². The molecular formula is C65H74N18O6. The van der Waals surface area contributed by atoms with Crippen LogP contribution < -0.4 is 11.5 Å². The van der Waals surface area contributed by atoms with Crippen LogP contribution in [0.25, 0.3) is 44.3 Å². The van der Waals surface area contributed by atoms with Crippen molar-refractivity contribution in [2.45, 2.75) is 120 Å². The molecule has 89 heavy (non-hydrogen) atoms. The summed E-state index contributed by atoms with van der Waals surface area (Å²) in [6, 6.07) is 38.3. The number of ketones is 1. The lowest BCUT2D eigenvalue weighted by Gasteiger charge is -2.17. The van der Waals surface area contributed by atoms with Gasteiger partial charge in [0.15, 0.2) is 5.78 Å². The third-order valence-corrected chi connectivity index (χ3v) is 12.1. The van der Waals surface area contributed by atoms with E-state index in [1.807, 2.05) is 44.2 Å². The van der Waals surface area contributed by atoms with Crippen LogP contribution in [0.15, 0.2) is 133 Å². The van der Waals surface area contributed by atoms with Crippen molar-refractivity contribution < 1.29 is 38.6 Å². The number of rotatable bonds is 13. The smallest absolute Gasteiger partial charge is 0.221 e. The fourth-order valence-corrected chi connectivity index (χ4v) is 7.59. The minimum Gasteiger partial charge on any atom is -0.390 e. The number of azide groups is 1. The number of carbonyl (C=O) groups excluding carboxylic acids is 1.